The van der Waals surface area contributed by atoms with Gasteiger partial charge in [-0.15, -0.1) is 0 Å². The average Bonchev–Trinajstić information content (AvgIpc) is 2.90. The molecule has 19 heavy (non-hydrogen) atoms. The second kappa shape index (κ2) is 6.65. The van der Waals surface area contributed by atoms with Crippen LogP contribution in [0.25, 0.3) is 0 Å². The van der Waals surface area contributed by atoms with E-state index in [4.69, 9.17) is 5.11 Å². The second-order valence-corrected chi connectivity index (χ2v) is 5.62. The summed E-state index contributed by atoms with van der Waals surface area (Å²) in [6, 6.07) is 5.79. The van der Waals surface area contributed by atoms with Crippen LogP contribution in [0, 0.1) is 18.8 Å². The Morgan fingerprint density at radius 1 is 1.58 bits per heavy atom. The zero-order valence-electron chi connectivity index (χ0n) is 10.9. The molecule has 1 fully saturated rings. The molecule has 100 valence electrons. The van der Waals surface area contributed by atoms with Gasteiger partial charge in [0.05, 0.1) is 0 Å². The summed E-state index contributed by atoms with van der Waals surface area (Å²) >= 11 is 1.87. The van der Waals surface area contributed by atoms with Crippen LogP contribution in [0.2, 0.25) is 0 Å². The molecular weight excluding hydrogens is 258 g/mol. The van der Waals surface area contributed by atoms with Gasteiger partial charge in [0.1, 0.15) is 6.61 Å². The molecule has 1 heterocycles. The predicted molar refractivity (Wildman–Crippen MR) is 78.3 cm³/mol. The molecule has 1 aliphatic heterocycles. The van der Waals surface area contributed by atoms with Crippen LogP contribution in [-0.2, 0) is 0 Å². The molecule has 1 aromatic rings. The second-order valence-electron chi connectivity index (χ2n) is 4.47. The van der Waals surface area contributed by atoms with Crippen LogP contribution in [0.1, 0.15) is 27.9 Å². The fourth-order valence-corrected chi connectivity index (χ4v) is 3.22. The lowest BCUT2D eigenvalue weighted by Crippen LogP contribution is -2.35. The van der Waals surface area contributed by atoms with Crippen LogP contribution in [0.5, 0.6) is 0 Å². The Morgan fingerprint density at radius 3 is 3.11 bits per heavy atom. The van der Waals surface area contributed by atoms with Crippen molar-refractivity contribution in [2.45, 2.75) is 19.4 Å². The molecule has 1 amide bonds. The van der Waals surface area contributed by atoms with Gasteiger partial charge in [0.2, 0.25) is 0 Å². The SMILES string of the molecule is Cc1c(C#CCO)cccc1C(=O)NC1CCSC1. The van der Waals surface area contributed by atoms with Gasteiger partial charge >= 0.3 is 0 Å². The third-order valence-electron chi connectivity index (χ3n) is 3.15. The standard InChI is InChI=1S/C15H17NO2S/c1-11-12(5-3-8-17)4-2-6-14(11)15(18)16-13-7-9-19-10-13/h2,4,6,13,17H,7-10H2,1H3,(H,16,18). The van der Waals surface area contributed by atoms with Crippen molar-refractivity contribution in [2.24, 2.45) is 0 Å². The van der Waals surface area contributed by atoms with E-state index in [0.29, 0.717) is 5.56 Å². The summed E-state index contributed by atoms with van der Waals surface area (Å²) in [4.78, 5) is 12.2. The summed E-state index contributed by atoms with van der Waals surface area (Å²) in [5.74, 6) is 7.56. The molecule has 3 nitrogen and oxygen atoms in total. The highest BCUT2D eigenvalue weighted by molar-refractivity contribution is 7.99. The van der Waals surface area contributed by atoms with Crippen LogP contribution in [0.3, 0.4) is 0 Å². The van der Waals surface area contributed by atoms with E-state index in [9.17, 15) is 4.79 Å². The van der Waals surface area contributed by atoms with E-state index in [-0.39, 0.29) is 18.6 Å². The number of thioether (sulfide) groups is 1. The van der Waals surface area contributed by atoms with Crippen LogP contribution < -0.4 is 5.32 Å². The highest BCUT2D eigenvalue weighted by Crippen LogP contribution is 2.18. The number of amides is 1. The largest absolute Gasteiger partial charge is 0.384 e. The first-order valence-corrected chi connectivity index (χ1v) is 7.46. The molecule has 2 N–H and O–H groups in total. The first-order valence-electron chi connectivity index (χ1n) is 6.30. The first kappa shape index (κ1) is 14.0. The van der Waals surface area contributed by atoms with Crippen LogP contribution in [-0.4, -0.2) is 35.2 Å². The molecule has 0 spiro atoms. The molecule has 0 aliphatic carbocycles. The van der Waals surface area contributed by atoms with Gasteiger partial charge < -0.3 is 10.4 Å². The lowest BCUT2D eigenvalue weighted by molar-refractivity contribution is 0.0940. The zero-order valence-corrected chi connectivity index (χ0v) is 11.7. The van der Waals surface area contributed by atoms with E-state index < -0.39 is 0 Å². The van der Waals surface area contributed by atoms with Gasteiger partial charge in [-0.05, 0) is 36.8 Å². The molecule has 1 aliphatic rings. The molecule has 1 atom stereocenters. The Bertz CT molecular complexity index is 525. The van der Waals surface area contributed by atoms with Crippen molar-refractivity contribution >= 4 is 17.7 Å². The number of hydrogen-bond donors (Lipinski definition) is 2. The van der Waals surface area contributed by atoms with E-state index >= 15 is 0 Å². The molecule has 2 rings (SSSR count). The van der Waals surface area contributed by atoms with Gasteiger partial charge in [0.25, 0.3) is 5.91 Å². The smallest absolute Gasteiger partial charge is 0.251 e. The Morgan fingerprint density at radius 2 is 2.42 bits per heavy atom. The Kier molecular flexibility index (Phi) is 4.89. The van der Waals surface area contributed by atoms with Gasteiger partial charge in [0, 0.05) is 22.9 Å². The normalized spacial score (nSPS) is 17.7. The third-order valence-corrected chi connectivity index (χ3v) is 4.31. The Labute approximate surface area is 117 Å². The van der Waals surface area contributed by atoms with Gasteiger partial charge in [-0.25, -0.2) is 0 Å². The number of benzene rings is 1. The van der Waals surface area contributed by atoms with Gasteiger partial charge in [-0.1, -0.05) is 17.9 Å². The molecule has 0 aromatic heterocycles. The lowest BCUT2D eigenvalue weighted by Gasteiger charge is -2.13. The maximum Gasteiger partial charge on any atom is 0.251 e. The quantitative estimate of drug-likeness (QED) is 0.806. The van der Waals surface area contributed by atoms with Gasteiger partial charge in [-0.2, -0.15) is 11.8 Å². The van der Waals surface area contributed by atoms with Crippen molar-refractivity contribution in [1.29, 1.82) is 0 Å². The number of aliphatic hydroxyl groups is 1. The third kappa shape index (κ3) is 3.52. The van der Waals surface area contributed by atoms with Crippen LogP contribution in [0.4, 0.5) is 0 Å². The molecule has 1 unspecified atom stereocenters. The Balaban J connectivity index is 2.16. The van der Waals surface area contributed by atoms with Crippen molar-refractivity contribution in [1.82, 2.24) is 5.32 Å². The topological polar surface area (TPSA) is 49.3 Å². The van der Waals surface area contributed by atoms with E-state index in [0.717, 1.165) is 29.1 Å². The van der Waals surface area contributed by atoms with Gasteiger partial charge in [0.15, 0.2) is 0 Å². The summed E-state index contributed by atoms with van der Waals surface area (Å²) in [5, 5.41) is 11.8. The van der Waals surface area contributed by atoms with E-state index in [1.165, 1.54) is 0 Å². The molecule has 1 aromatic carbocycles. The van der Waals surface area contributed by atoms with Crippen molar-refractivity contribution in [3.63, 3.8) is 0 Å². The van der Waals surface area contributed by atoms with E-state index in [2.05, 4.69) is 17.2 Å². The maximum atomic E-state index is 12.2. The number of carbonyl (C=O) groups excluding carboxylic acids is 1. The molecule has 1 saturated heterocycles. The average molecular weight is 275 g/mol. The summed E-state index contributed by atoms with van der Waals surface area (Å²) in [6.07, 6.45) is 1.04. The number of carbonyl (C=O) groups is 1. The maximum absolute atomic E-state index is 12.2. The monoisotopic (exact) mass is 275 g/mol. The van der Waals surface area contributed by atoms with Crippen molar-refractivity contribution < 1.29 is 9.90 Å². The number of hydrogen-bond acceptors (Lipinski definition) is 3. The molecule has 0 bridgehead atoms. The number of nitrogens with one attached hydrogen (secondary N) is 1. The van der Waals surface area contributed by atoms with Crippen molar-refractivity contribution in [3.8, 4) is 11.8 Å². The highest BCUT2D eigenvalue weighted by atomic mass is 32.2. The van der Waals surface area contributed by atoms with Crippen LogP contribution >= 0.6 is 11.8 Å². The highest BCUT2D eigenvalue weighted by Gasteiger charge is 2.19. The summed E-state index contributed by atoms with van der Waals surface area (Å²) < 4.78 is 0. The molecule has 0 saturated carbocycles. The van der Waals surface area contributed by atoms with Crippen molar-refractivity contribution in [3.05, 3.63) is 34.9 Å². The first-order chi connectivity index (χ1) is 9.22. The summed E-state index contributed by atoms with van der Waals surface area (Å²) in [5.41, 5.74) is 2.33. The van der Waals surface area contributed by atoms with Gasteiger partial charge in [-0.3, -0.25) is 4.79 Å². The van der Waals surface area contributed by atoms with E-state index in [1.807, 2.05) is 36.9 Å². The molecular formula is C15H17NO2S. The fraction of sp³-hybridized carbons (Fsp3) is 0.400. The fourth-order valence-electron chi connectivity index (χ4n) is 2.06. The minimum atomic E-state index is -0.171. The van der Waals surface area contributed by atoms with E-state index in [1.54, 1.807) is 0 Å². The number of aliphatic hydroxyl groups excluding tert-OH is 1. The molecule has 0 radical (unpaired) electrons. The summed E-state index contributed by atoms with van der Waals surface area (Å²) in [7, 11) is 0. The zero-order chi connectivity index (χ0) is 13.7. The number of rotatable bonds is 2. The lowest BCUT2D eigenvalue weighted by atomic mass is 10.0. The predicted octanol–water partition coefficient (Wildman–Crippen LogP) is 1.57. The Hall–Kier alpha value is -1.44. The van der Waals surface area contributed by atoms with Crippen molar-refractivity contribution in [2.75, 3.05) is 18.1 Å². The summed E-state index contributed by atoms with van der Waals surface area (Å²) in [6.45, 7) is 1.72. The minimum Gasteiger partial charge on any atom is -0.384 e. The minimum absolute atomic E-state index is 0.0300. The molecule has 4 heteroatoms. The van der Waals surface area contributed by atoms with Crippen LogP contribution in [0.15, 0.2) is 18.2 Å².